The highest BCUT2D eigenvalue weighted by molar-refractivity contribution is 5.79. The minimum Gasteiger partial charge on any atom is -0.356 e. The second-order valence-corrected chi connectivity index (χ2v) is 6.44. The summed E-state index contributed by atoms with van der Waals surface area (Å²) < 4.78 is 0. The van der Waals surface area contributed by atoms with Crippen LogP contribution in [0.2, 0.25) is 0 Å². The molecule has 1 saturated carbocycles. The molecule has 4 heteroatoms. The van der Waals surface area contributed by atoms with Gasteiger partial charge in [-0.1, -0.05) is 20.3 Å². The third-order valence-corrected chi connectivity index (χ3v) is 5.43. The zero-order chi connectivity index (χ0) is 14.4. The Morgan fingerprint density at radius 1 is 1.25 bits per heavy atom. The van der Waals surface area contributed by atoms with E-state index in [1.807, 2.05) is 7.05 Å². The summed E-state index contributed by atoms with van der Waals surface area (Å²) in [5.74, 6) is 0.979. The maximum absolute atomic E-state index is 4.37. The molecule has 0 bridgehead atoms. The van der Waals surface area contributed by atoms with E-state index in [2.05, 4.69) is 34.4 Å². The Morgan fingerprint density at radius 2 is 2.05 bits per heavy atom. The highest BCUT2D eigenvalue weighted by atomic mass is 15.2. The van der Waals surface area contributed by atoms with Crippen LogP contribution in [-0.2, 0) is 0 Å². The minimum absolute atomic E-state index is 0.542. The Bertz CT molecular complexity index is 317. The molecule has 0 spiro atoms. The summed E-state index contributed by atoms with van der Waals surface area (Å²) in [5, 5.41) is 7.06. The summed E-state index contributed by atoms with van der Waals surface area (Å²) in [6.07, 6.45) is 8.08. The minimum atomic E-state index is 0.542. The molecule has 1 unspecified atom stereocenters. The molecule has 1 aliphatic heterocycles. The van der Waals surface area contributed by atoms with Crippen molar-refractivity contribution in [3.63, 3.8) is 0 Å². The van der Waals surface area contributed by atoms with Crippen LogP contribution in [0.25, 0.3) is 0 Å². The largest absolute Gasteiger partial charge is 0.356 e. The number of nitrogens with one attached hydrogen (secondary N) is 2. The van der Waals surface area contributed by atoms with Crippen LogP contribution in [0.3, 0.4) is 0 Å². The van der Waals surface area contributed by atoms with Crippen molar-refractivity contribution in [3.05, 3.63) is 0 Å². The van der Waals surface area contributed by atoms with Gasteiger partial charge in [-0.2, -0.15) is 0 Å². The van der Waals surface area contributed by atoms with Gasteiger partial charge in [0.1, 0.15) is 0 Å². The van der Waals surface area contributed by atoms with Gasteiger partial charge >= 0.3 is 0 Å². The molecule has 1 aliphatic carbocycles. The van der Waals surface area contributed by atoms with Crippen LogP contribution >= 0.6 is 0 Å². The molecular formula is C16H32N4. The Labute approximate surface area is 124 Å². The fourth-order valence-electron chi connectivity index (χ4n) is 3.58. The molecule has 1 saturated heterocycles. The molecule has 0 aromatic carbocycles. The third-order valence-electron chi connectivity index (χ3n) is 5.43. The predicted octanol–water partition coefficient (Wildman–Crippen LogP) is 2.22. The van der Waals surface area contributed by atoms with E-state index in [1.54, 1.807) is 0 Å². The van der Waals surface area contributed by atoms with E-state index in [4.69, 9.17) is 0 Å². The molecule has 4 nitrogen and oxygen atoms in total. The molecule has 0 amide bonds. The van der Waals surface area contributed by atoms with Crippen LogP contribution in [0.1, 0.15) is 52.4 Å². The van der Waals surface area contributed by atoms with Crippen molar-refractivity contribution in [1.82, 2.24) is 15.5 Å². The molecule has 20 heavy (non-hydrogen) atoms. The topological polar surface area (TPSA) is 39.7 Å². The van der Waals surface area contributed by atoms with Crippen molar-refractivity contribution in [2.24, 2.45) is 10.4 Å². The van der Waals surface area contributed by atoms with E-state index < -0.39 is 0 Å². The molecule has 0 aromatic heterocycles. The van der Waals surface area contributed by atoms with Crippen molar-refractivity contribution >= 4 is 5.96 Å². The molecular weight excluding hydrogens is 248 g/mol. The fraction of sp³-hybridized carbons (Fsp3) is 0.938. The highest BCUT2D eigenvalue weighted by Crippen LogP contribution is 2.42. The second kappa shape index (κ2) is 7.30. The van der Waals surface area contributed by atoms with Gasteiger partial charge in [0, 0.05) is 26.2 Å². The number of nitrogens with zero attached hydrogens (tertiary/aromatic N) is 2. The molecule has 0 aromatic rings. The summed E-state index contributed by atoms with van der Waals surface area (Å²) in [6, 6.07) is 0.683. The highest BCUT2D eigenvalue weighted by Gasteiger charge is 2.35. The van der Waals surface area contributed by atoms with Gasteiger partial charge in [-0.15, -0.1) is 0 Å². The number of hydrogen-bond donors (Lipinski definition) is 2. The van der Waals surface area contributed by atoms with E-state index >= 15 is 0 Å². The number of rotatable bonds is 6. The molecule has 1 heterocycles. The number of hydrogen-bond acceptors (Lipinski definition) is 2. The van der Waals surface area contributed by atoms with Gasteiger partial charge < -0.3 is 10.6 Å². The SMILES string of the molecule is CCN1CCCC1CNC(=NC)NCC1(CC)CCC1. The number of likely N-dealkylation sites (N-methyl/N-ethyl adjacent to an activating group) is 1. The fourth-order valence-corrected chi connectivity index (χ4v) is 3.58. The second-order valence-electron chi connectivity index (χ2n) is 6.44. The first kappa shape index (κ1) is 15.6. The Morgan fingerprint density at radius 3 is 2.60 bits per heavy atom. The van der Waals surface area contributed by atoms with Gasteiger partial charge in [0.15, 0.2) is 5.96 Å². The first-order valence-corrected chi connectivity index (χ1v) is 8.41. The van der Waals surface area contributed by atoms with Crippen molar-refractivity contribution in [2.75, 3.05) is 33.2 Å². The van der Waals surface area contributed by atoms with Crippen molar-refractivity contribution in [3.8, 4) is 0 Å². The van der Waals surface area contributed by atoms with Gasteiger partial charge in [-0.3, -0.25) is 9.89 Å². The Hall–Kier alpha value is -0.770. The lowest BCUT2D eigenvalue weighted by atomic mass is 9.67. The van der Waals surface area contributed by atoms with E-state index in [9.17, 15) is 0 Å². The average Bonchev–Trinajstić information content (AvgIpc) is 2.88. The lowest BCUT2D eigenvalue weighted by Gasteiger charge is -2.41. The maximum Gasteiger partial charge on any atom is 0.191 e. The summed E-state index contributed by atoms with van der Waals surface area (Å²) in [6.45, 7) is 9.09. The summed E-state index contributed by atoms with van der Waals surface area (Å²) >= 11 is 0. The van der Waals surface area contributed by atoms with Crippen LogP contribution in [0.5, 0.6) is 0 Å². The molecule has 2 aliphatic rings. The van der Waals surface area contributed by atoms with Gasteiger partial charge in [0.2, 0.25) is 0 Å². The smallest absolute Gasteiger partial charge is 0.191 e. The molecule has 2 fully saturated rings. The zero-order valence-corrected chi connectivity index (χ0v) is 13.5. The normalized spacial score (nSPS) is 26.4. The first-order chi connectivity index (χ1) is 9.73. The summed E-state index contributed by atoms with van der Waals surface area (Å²) in [4.78, 5) is 6.94. The van der Waals surface area contributed by atoms with E-state index in [0.717, 1.165) is 25.6 Å². The van der Waals surface area contributed by atoms with Crippen LogP contribution in [0.15, 0.2) is 4.99 Å². The predicted molar refractivity (Wildman–Crippen MR) is 86.2 cm³/mol. The molecule has 1 atom stereocenters. The van der Waals surface area contributed by atoms with Crippen LogP contribution in [-0.4, -0.2) is 50.1 Å². The molecule has 0 radical (unpaired) electrons. The van der Waals surface area contributed by atoms with Crippen molar-refractivity contribution in [2.45, 2.75) is 58.4 Å². The van der Waals surface area contributed by atoms with Gasteiger partial charge in [0.05, 0.1) is 0 Å². The molecule has 2 rings (SSSR count). The van der Waals surface area contributed by atoms with Crippen molar-refractivity contribution in [1.29, 1.82) is 0 Å². The number of guanidine groups is 1. The lowest BCUT2D eigenvalue weighted by Crippen LogP contribution is -2.49. The van der Waals surface area contributed by atoms with Crippen molar-refractivity contribution < 1.29 is 0 Å². The lowest BCUT2D eigenvalue weighted by molar-refractivity contribution is 0.131. The maximum atomic E-state index is 4.37. The molecule has 116 valence electrons. The van der Waals surface area contributed by atoms with E-state index in [-0.39, 0.29) is 0 Å². The van der Waals surface area contributed by atoms with Gasteiger partial charge in [-0.05, 0) is 50.6 Å². The third kappa shape index (κ3) is 3.66. The average molecular weight is 280 g/mol. The zero-order valence-electron chi connectivity index (χ0n) is 13.5. The van der Waals surface area contributed by atoms with E-state index in [1.165, 1.54) is 45.1 Å². The quantitative estimate of drug-likeness (QED) is 0.579. The standard InChI is InChI=1S/C16H32N4/c1-4-16(9-7-10-16)13-19-15(17-3)18-12-14-8-6-11-20(14)5-2/h14H,4-13H2,1-3H3,(H2,17,18,19). The first-order valence-electron chi connectivity index (χ1n) is 8.41. The summed E-state index contributed by atoms with van der Waals surface area (Å²) in [5.41, 5.74) is 0.542. The monoisotopic (exact) mass is 280 g/mol. The van der Waals surface area contributed by atoms with E-state index in [0.29, 0.717) is 11.5 Å². The molecule has 2 N–H and O–H groups in total. The van der Waals surface area contributed by atoms with Crippen LogP contribution < -0.4 is 10.6 Å². The van der Waals surface area contributed by atoms with Gasteiger partial charge in [-0.25, -0.2) is 0 Å². The Balaban J connectivity index is 1.72. The Kier molecular flexibility index (Phi) is 5.70. The number of aliphatic imine (C=N–C) groups is 1. The van der Waals surface area contributed by atoms with Crippen LogP contribution in [0.4, 0.5) is 0 Å². The van der Waals surface area contributed by atoms with Crippen LogP contribution in [0, 0.1) is 5.41 Å². The number of likely N-dealkylation sites (tertiary alicyclic amines) is 1. The summed E-state index contributed by atoms with van der Waals surface area (Å²) in [7, 11) is 1.88. The van der Waals surface area contributed by atoms with Gasteiger partial charge in [0.25, 0.3) is 0 Å².